The van der Waals surface area contributed by atoms with Crippen LogP contribution in [0.15, 0.2) is 17.4 Å². The smallest absolute Gasteiger partial charge is 0.0465 e. The van der Waals surface area contributed by atoms with Gasteiger partial charge in [0, 0.05) is 24.4 Å². The summed E-state index contributed by atoms with van der Waals surface area (Å²) in [4.78, 5) is 0. The van der Waals surface area contributed by atoms with Gasteiger partial charge >= 0.3 is 0 Å². The van der Waals surface area contributed by atoms with E-state index in [0.717, 1.165) is 12.1 Å². The van der Waals surface area contributed by atoms with Gasteiger partial charge in [0.2, 0.25) is 0 Å². The lowest BCUT2D eigenvalue weighted by Gasteiger charge is -2.19. The molecule has 0 radical (unpaired) electrons. The Balaban J connectivity index is 2.59. The second-order valence-electron chi connectivity index (χ2n) is 2.51. The van der Waals surface area contributed by atoms with Gasteiger partial charge in [-0.1, -0.05) is 6.58 Å². The van der Waals surface area contributed by atoms with Crippen LogP contribution in [0.3, 0.4) is 0 Å². The Morgan fingerprint density at radius 1 is 1.78 bits per heavy atom. The topological polar surface area (TPSA) is 15.6 Å². The number of rotatable bonds is 1. The zero-order valence-corrected chi connectivity index (χ0v) is 5.96. The molecule has 0 atom stereocenters. The van der Waals surface area contributed by atoms with Crippen LogP contribution in [0.25, 0.3) is 0 Å². The second-order valence-corrected chi connectivity index (χ2v) is 2.51. The summed E-state index contributed by atoms with van der Waals surface area (Å²) in [6.07, 6.45) is 2.81. The molecular formula is C7H12N2. The van der Waals surface area contributed by atoms with Crippen LogP contribution in [-0.4, -0.2) is 17.3 Å². The summed E-state index contributed by atoms with van der Waals surface area (Å²) in [5.74, 6) is 0. The molecule has 0 aromatic carbocycles. The van der Waals surface area contributed by atoms with Crippen molar-refractivity contribution < 1.29 is 0 Å². The van der Waals surface area contributed by atoms with Gasteiger partial charge in [-0.2, -0.15) is 5.10 Å². The fourth-order valence-electron chi connectivity index (χ4n) is 0.908. The summed E-state index contributed by atoms with van der Waals surface area (Å²) in [6, 6.07) is 0.455. The van der Waals surface area contributed by atoms with Crippen molar-refractivity contribution in [2.24, 2.45) is 5.10 Å². The molecule has 0 bridgehead atoms. The molecule has 1 rings (SSSR count). The minimum atomic E-state index is 0.455. The van der Waals surface area contributed by atoms with Crippen molar-refractivity contribution in [1.82, 2.24) is 5.01 Å². The van der Waals surface area contributed by atoms with Crippen molar-refractivity contribution >= 4 is 6.21 Å². The van der Waals surface area contributed by atoms with Crippen LogP contribution in [0, 0.1) is 0 Å². The Hall–Kier alpha value is -0.790. The van der Waals surface area contributed by atoms with Crippen molar-refractivity contribution in [3.05, 3.63) is 12.3 Å². The molecule has 1 aliphatic rings. The first-order valence-corrected chi connectivity index (χ1v) is 3.21. The van der Waals surface area contributed by atoms with Crippen LogP contribution in [0.1, 0.15) is 20.3 Å². The molecule has 1 aliphatic heterocycles. The fourth-order valence-corrected chi connectivity index (χ4v) is 0.908. The van der Waals surface area contributed by atoms with Crippen LogP contribution in [0.2, 0.25) is 0 Å². The van der Waals surface area contributed by atoms with Crippen molar-refractivity contribution in [3.8, 4) is 0 Å². The highest BCUT2D eigenvalue weighted by atomic mass is 15.5. The van der Waals surface area contributed by atoms with E-state index >= 15 is 0 Å². The molecule has 0 saturated carbocycles. The fraction of sp³-hybridized carbons (Fsp3) is 0.571. The summed E-state index contributed by atoms with van der Waals surface area (Å²) in [5.41, 5.74) is 1.10. The average molecular weight is 124 g/mol. The first kappa shape index (κ1) is 6.33. The first-order chi connectivity index (χ1) is 4.22. The average Bonchev–Trinajstić information content (AvgIpc) is 2.13. The number of hydrazone groups is 1. The summed E-state index contributed by atoms with van der Waals surface area (Å²) in [5, 5.41) is 6.07. The Kier molecular flexibility index (Phi) is 1.56. The van der Waals surface area contributed by atoms with Crippen LogP contribution in [0.4, 0.5) is 0 Å². The highest BCUT2D eigenvalue weighted by Crippen LogP contribution is 2.15. The monoisotopic (exact) mass is 124 g/mol. The first-order valence-electron chi connectivity index (χ1n) is 3.21. The maximum atomic E-state index is 4.12. The van der Waals surface area contributed by atoms with Gasteiger partial charge in [-0.05, 0) is 13.8 Å². The number of nitrogens with zero attached hydrogens (tertiary/aromatic N) is 2. The van der Waals surface area contributed by atoms with E-state index in [1.807, 2.05) is 11.2 Å². The lowest BCUT2D eigenvalue weighted by Crippen LogP contribution is -2.20. The highest BCUT2D eigenvalue weighted by molar-refractivity contribution is 5.63. The number of hydrogen-bond acceptors (Lipinski definition) is 2. The van der Waals surface area contributed by atoms with Gasteiger partial charge in [-0.3, -0.25) is 5.01 Å². The lowest BCUT2D eigenvalue weighted by atomic mass is 10.3. The third-order valence-electron chi connectivity index (χ3n) is 1.35. The largest absolute Gasteiger partial charge is 0.268 e. The van der Waals surface area contributed by atoms with E-state index in [4.69, 9.17) is 0 Å². The maximum Gasteiger partial charge on any atom is 0.0465 e. The van der Waals surface area contributed by atoms with Crippen molar-refractivity contribution in [2.45, 2.75) is 26.3 Å². The van der Waals surface area contributed by atoms with E-state index < -0.39 is 0 Å². The SMILES string of the molecule is C=C1CC=NN1C(C)C. The Bertz CT molecular complexity index is 147. The third-order valence-corrected chi connectivity index (χ3v) is 1.35. The Morgan fingerprint density at radius 2 is 2.44 bits per heavy atom. The molecule has 0 unspecified atom stereocenters. The summed E-state index contributed by atoms with van der Waals surface area (Å²) in [6.45, 7) is 8.07. The van der Waals surface area contributed by atoms with Crippen LogP contribution in [-0.2, 0) is 0 Å². The number of allylic oxidation sites excluding steroid dienone is 1. The van der Waals surface area contributed by atoms with Crippen LogP contribution < -0.4 is 0 Å². The minimum Gasteiger partial charge on any atom is -0.268 e. The quantitative estimate of drug-likeness (QED) is 0.518. The zero-order valence-electron chi connectivity index (χ0n) is 5.96. The van der Waals surface area contributed by atoms with Gasteiger partial charge in [0.1, 0.15) is 0 Å². The van der Waals surface area contributed by atoms with Gasteiger partial charge in [0.25, 0.3) is 0 Å². The Morgan fingerprint density at radius 3 is 2.67 bits per heavy atom. The van der Waals surface area contributed by atoms with Gasteiger partial charge in [0.15, 0.2) is 0 Å². The predicted molar refractivity (Wildman–Crippen MR) is 39.2 cm³/mol. The van der Waals surface area contributed by atoms with Crippen molar-refractivity contribution in [3.63, 3.8) is 0 Å². The molecule has 0 saturated heterocycles. The molecule has 2 nitrogen and oxygen atoms in total. The second kappa shape index (κ2) is 2.21. The molecule has 0 amide bonds. The standard InChI is InChI=1S/C7H12N2/c1-6(2)9-7(3)4-5-8-9/h5-6H,3-4H2,1-2H3. The molecule has 2 heteroatoms. The summed E-state index contributed by atoms with van der Waals surface area (Å²) in [7, 11) is 0. The van der Waals surface area contributed by atoms with Crippen LogP contribution >= 0.6 is 0 Å². The molecule has 0 N–H and O–H groups in total. The van der Waals surface area contributed by atoms with Gasteiger partial charge < -0.3 is 0 Å². The predicted octanol–water partition coefficient (Wildman–Crippen LogP) is 1.60. The molecular weight excluding hydrogens is 112 g/mol. The van der Waals surface area contributed by atoms with E-state index in [2.05, 4.69) is 25.5 Å². The molecule has 0 aromatic heterocycles. The van der Waals surface area contributed by atoms with Gasteiger partial charge in [0.05, 0.1) is 0 Å². The molecule has 0 aromatic rings. The molecule has 0 spiro atoms. The molecule has 1 heterocycles. The molecule has 0 aliphatic carbocycles. The van der Waals surface area contributed by atoms with Crippen molar-refractivity contribution in [1.29, 1.82) is 0 Å². The van der Waals surface area contributed by atoms with E-state index in [-0.39, 0.29) is 0 Å². The van der Waals surface area contributed by atoms with Crippen molar-refractivity contribution in [2.75, 3.05) is 0 Å². The zero-order chi connectivity index (χ0) is 6.85. The Labute approximate surface area is 55.9 Å². The summed E-state index contributed by atoms with van der Waals surface area (Å²) >= 11 is 0. The lowest BCUT2D eigenvalue weighted by molar-refractivity contribution is 0.312. The van der Waals surface area contributed by atoms with Crippen LogP contribution in [0.5, 0.6) is 0 Å². The molecule has 0 fully saturated rings. The van der Waals surface area contributed by atoms with Gasteiger partial charge in [-0.25, -0.2) is 0 Å². The van der Waals surface area contributed by atoms with E-state index in [1.165, 1.54) is 0 Å². The highest BCUT2D eigenvalue weighted by Gasteiger charge is 2.12. The minimum absolute atomic E-state index is 0.455. The van der Waals surface area contributed by atoms with Gasteiger partial charge in [-0.15, -0.1) is 0 Å². The van der Waals surface area contributed by atoms with E-state index in [1.54, 1.807) is 0 Å². The number of hydrogen-bond donors (Lipinski definition) is 0. The maximum absolute atomic E-state index is 4.12. The van der Waals surface area contributed by atoms with E-state index in [9.17, 15) is 0 Å². The molecule has 50 valence electrons. The third kappa shape index (κ3) is 1.12. The normalized spacial score (nSPS) is 18.1. The summed E-state index contributed by atoms with van der Waals surface area (Å²) < 4.78 is 0. The molecule has 9 heavy (non-hydrogen) atoms. The van der Waals surface area contributed by atoms with E-state index in [0.29, 0.717) is 6.04 Å².